The lowest BCUT2D eigenvalue weighted by molar-refractivity contribution is 0.241. The van der Waals surface area contributed by atoms with Crippen LogP contribution in [0.15, 0.2) is 18.2 Å². The molecule has 1 aromatic carbocycles. The van der Waals surface area contributed by atoms with Gasteiger partial charge in [-0.1, -0.05) is 55.5 Å². The molecule has 0 fully saturated rings. The van der Waals surface area contributed by atoms with Gasteiger partial charge in [-0.05, 0) is 31.6 Å². The predicted molar refractivity (Wildman–Crippen MR) is 84.7 cm³/mol. The minimum absolute atomic E-state index is 0.458. The van der Waals surface area contributed by atoms with E-state index < -0.39 is 8.56 Å². The van der Waals surface area contributed by atoms with E-state index in [1.54, 1.807) is 6.07 Å². The number of benzene rings is 1. The zero-order chi connectivity index (χ0) is 14.3. The monoisotopic (exact) mass is 320 g/mol. The van der Waals surface area contributed by atoms with Crippen LogP contribution in [-0.4, -0.2) is 15.2 Å². The second-order valence-electron chi connectivity index (χ2n) is 4.96. The summed E-state index contributed by atoms with van der Waals surface area (Å²) in [4.78, 5) is 0. The lowest BCUT2D eigenvalue weighted by Crippen LogP contribution is -2.38. The topological polar surface area (TPSA) is 18.5 Å². The third-order valence-electron chi connectivity index (χ3n) is 2.72. The molecule has 1 rings (SSSR count). The van der Waals surface area contributed by atoms with Gasteiger partial charge >= 0.3 is 8.56 Å². The van der Waals surface area contributed by atoms with Gasteiger partial charge in [-0.25, -0.2) is 0 Å². The Bertz CT molecular complexity index is 397. The molecule has 5 heteroatoms. The van der Waals surface area contributed by atoms with Crippen molar-refractivity contribution in [3.8, 4) is 5.75 Å². The minimum atomic E-state index is -2.20. The number of unbranched alkanes of at least 4 members (excludes halogenated alkanes) is 3. The molecule has 0 saturated heterocycles. The maximum absolute atomic E-state index is 6.11. The van der Waals surface area contributed by atoms with Crippen LogP contribution in [0.2, 0.25) is 23.1 Å². The first-order valence-electron chi connectivity index (χ1n) is 6.73. The van der Waals surface area contributed by atoms with E-state index in [-0.39, 0.29) is 0 Å². The summed E-state index contributed by atoms with van der Waals surface area (Å²) in [5.74, 6) is 0.611. The number of rotatable bonds is 8. The van der Waals surface area contributed by atoms with Gasteiger partial charge in [-0.2, -0.15) is 0 Å². The molecule has 0 bridgehead atoms. The van der Waals surface area contributed by atoms with E-state index in [0.717, 1.165) is 13.0 Å². The summed E-state index contributed by atoms with van der Waals surface area (Å²) >= 11 is 12.1. The maximum Gasteiger partial charge on any atom is 0.392 e. The van der Waals surface area contributed by atoms with Crippen molar-refractivity contribution in [3.05, 3.63) is 28.2 Å². The normalized spacial score (nSPS) is 11.6. The summed E-state index contributed by atoms with van der Waals surface area (Å²) in [7, 11) is -2.20. The van der Waals surface area contributed by atoms with Gasteiger partial charge in [0.2, 0.25) is 0 Å². The van der Waals surface area contributed by atoms with Gasteiger partial charge in [-0.3, -0.25) is 0 Å². The molecule has 0 aromatic heterocycles. The lowest BCUT2D eigenvalue weighted by Gasteiger charge is -2.24. The van der Waals surface area contributed by atoms with E-state index in [0.29, 0.717) is 15.8 Å². The van der Waals surface area contributed by atoms with Gasteiger partial charge in [0.05, 0.1) is 10.0 Å². The Kier molecular flexibility index (Phi) is 7.22. The molecule has 0 spiro atoms. The van der Waals surface area contributed by atoms with Crippen molar-refractivity contribution >= 4 is 31.8 Å². The van der Waals surface area contributed by atoms with Crippen molar-refractivity contribution in [1.29, 1.82) is 0 Å². The van der Waals surface area contributed by atoms with Gasteiger partial charge in [-0.15, -0.1) is 0 Å². The second-order valence-corrected chi connectivity index (χ2v) is 9.04. The van der Waals surface area contributed by atoms with Crippen molar-refractivity contribution < 1.29 is 8.85 Å². The number of halogens is 2. The maximum atomic E-state index is 6.11. The summed E-state index contributed by atoms with van der Waals surface area (Å²) in [5.41, 5.74) is 0. The zero-order valence-electron chi connectivity index (χ0n) is 11.8. The van der Waals surface area contributed by atoms with Crippen molar-refractivity contribution in [2.24, 2.45) is 0 Å². The summed E-state index contributed by atoms with van der Waals surface area (Å²) in [6.45, 7) is 6.98. The molecule has 0 aliphatic rings. The van der Waals surface area contributed by atoms with Crippen molar-refractivity contribution in [3.63, 3.8) is 0 Å². The van der Waals surface area contributed by atoms with Crippen LogP contribution in [-0.2, 0) is 4.43 Å². The number of hydrogen-bond donors (Lipinski definition) is 0. The lowest BCUT2D eigenvalue weighted by atomic mass is 10.2. The fourth-order valence-electron chi connectivity index (χ4n) is 1.70. The summed E-state index contributed by atoms with van der Waals surface area (Å²) < 4.78 is 11.8. The summed E-state index contributed by atoms with van der Waals surface area (Å²) in [5, 5.41) is 0.964. The second kappa shape index (κ2) is 8.15. The molecule has 19 heavy (non-hydrogen) atoms. The van der Waals surface area contributed by atoms with Crippen LogP contribution in [0.5, 0.6) is 5.75 Å². The molecule has 0 radical (unpaired) electrons. The first-order valence-corrected chi connectivity index (χ1v) is 10.3. The molecule has 0 N–H and O–H groups in total. The Morgan fingerprint density at radius 1 is 1.11 bits per heavy atom. The third kappa shape index (κ3) is 6.17. The molecule has 0 unspecified atom stereocenters. The Morgan fingerprint density at radius 3 is 2.53 bits per heavy atom. The molecule has 2 nitrogen and oxygen atoms in total. The average molecular weight is 321 g/mol. The quantitative estimate of drug-likeness (QED) is 0.453. The SMILES string of the molecule is CCCCCCO[Si](C)(C)Oc1cccc(Cl)c1Cl. The summed E-state index contributed by atoms with van der Waals surface area (Å²) in [6, 6.07) is 5.40. The van der Waals surface area contributed by atoms with E-state index in [4.69, 9.17) is 32.1 Å². The van der Waals surface area contributed by atoms with Crippen LogP contribution in [0.3, 0.4) is 0 Å². The first-order chi connectivity index (χ1) is 8.96. The fourth-order valence-corrected chi connectivity index (χ4v) is 3.49. The van der Waals surface area contributed by atoms with Crippen molar-refractivity contribution in [1.82, 2.24) is 0 Å². The van der Waals surface area contributed by atoms with Gasteiger partial charge in [0.25, 0.3) is 0 Å². The average Bonchev–Trinajstić information content (AvgIpc) is 2.34. The molecule has 0 aliphatic heterocycles. The van der Waals surface area contributed by atoms with Crippen molar-refractivity contribution in [2.45, 2.75) is 45.7 Å². The molecule has 0 aliphatic carbocycles. The van der Waals surface area contributed by atoms with Crippen LogP contribution >= 0.6 is 23.2 Å². The predicted octanol–water partition coefficient (Wildman–Crippen LogP) is 5.67. The first kappa shape index (κ1) is 16.8. The number of hydrogen-bond acceptors (Lipinski definition) is 2. The Morgan fingerprint density at radius 2 is 1.84 bits per heavy atom. The standard InChI is InChI=1S/C14H22Cl2O2Si/c1-4-5-6-7-11-17-19(2,3)18-13-10-8-9-12(15)14(13)16/h8-10H,4-7,11H2,1-3H3. The van der Waals surface area contributed by atoms with Crippen molar-refractivity contribution in [2.75, 3.05) is 6.61 Å². The highest BCUT2D eigenvalue weighted by atomic mass is 35.5. The summed E-state index contributed by atoms with van der Waals surface area (Å²) in [6.07, 6.45) is 4.78. The Labute approximate surface area is 127 Å². The molecular formula is C14H22Cl2O2Si. The van der Waals surface area contributed by atoms with Crippen LogP contribution in [0, 0.1) is 0 Å². The largest absolute Gasteiger partial charge is 0.519 e. The molecular weight excluding hydrogens is 299 g/mol. The van der Waals surface area contributed by atoms with Gasteiger partial charge < -0.3 is 8.85 Å². The fraction of sp³-hybridized carbons (Fsp3) is 0.571. The molecule has 1 aromatic rings. The van der Waals surface area contributed by atoms with E-state index in [1.807, 2.05) is 25.2 Å². The third-order valence-corrected chi connectivity index (χ3v) is 5.13. The highest BCUT2D eigenvalue weighted by Gasteiger charge is 2.27. The zero-order valence-corrected chi connectivity index (χ0v) is 14.4. The smallest absolute Gasteiger partial charge is 0.392 e. The van der Waals surface area contributed by atoms with Crippen LogP contribution in [0.25, 0.3) is 0 Å². The van der Waals surface area contributed by atoms with Gasteiger partial charge in [0, 0.05) is 6.61 Å². The molecule has 0 atom stereocenters. The van der Waals surface area contributed by atoms with Gasteiger partial charge in [0.15, 0.2) is 0 Å². The molecule has 0 heterocycles. The van der Waals surface area contributed by atoms with Crippen LogP contribution < -0.4 is 4.43 Å². The van der Waals surface area contributed by atoms with E-state index in [9.17, 15) is 0 Å². The highest BCUT2D eigenvalue weighted by molar-refractivity contribution is 6.65. The van der Waals surface area contributed by atoms with E-state index in [2.05, 4.69) is 6.92 Å². The van der Waals surface area contributed by atoms with Gasteiger partial charge in [0.1, 0.15) is 5.75 Å². The van der Waals surface area contributed by atoms with Crippen LogP contribution in [0.4, 0.5) is 0 Å². The minimum Gasteiger partial charge on any atom is -0.519 e. The van der Waals surface area contributed by atoms with Crippen LogP contribution in [0.1, 0.15) is 32.6 Å². The van der Waals surface area contributed by atoms with E-state index >= 15 is 0 Å². The Balaban J connectivity index is 2.47. The molecule has 108 valence electrons. The molecule has 0 amide bonds. The van der Waals surface area contributed by atoms with E-state index in [1.165, 1.54) is 19.3 Å². The Hall–Kier alpha value is -0.223. The highest BCUT2D eigenvalue weighted by Crippen LogP contribution is 2.33. The molecule has 0 saturated carbocycles.